The van der Waals surface area contributed by atoms with Crippen LogP contribution in [-0.4, -0.2) is 5.97 Å². The highest BCUT2D eigenvalue weighted by atomic mass is 127. The third-order valence-corrected chi connectivity index (χ3v) is 2.23. The van der Waals surface area contributed by atoms with Crippen LogP contribution in [0.4, 0.5) is 0 Å². The fourth-order valence-electron chi connectivity index (χ4n) is 0.713. The van der Waals surface area contributed by atoms with Crippen molar-refractivity contribution in [2.24, 2.45) is 0 Å². The number of carbonyl (C=O) groups is 1. The highest BCUT2D eigenvalue weighted by molar-refractivity contribution is 14.1. The van der Waals surface area contributed by atoms with Gasteiger partial charge in [-0.1, -0.05) is 11.6 Å². The number of rotatable bonds is 1. The molecule has 64 valence electrons. The Labute approximate surface area is 89.0 Å². The Hall–Kier alpha value is -0.290. The molecule has 0 N–H and O–H groups in total. The van der Waals surface area contributed by atoms with Gasteiger partial charge in [-0.3, -0.25) is 4.79 Å². The number of ether oxygens (including phenoxy) is 1. The van der Waals surface area contributed by atoms with Crippen LogP contribution in [0.1, 0.15) is 6.92 Å². The molecule has 1 aromatic rings. The summed E-state index contributed by atoms with van der Waals surface area (Å²) >= 11 is 7.77. The van der Waals surface area contributed by atoms with Crippen molar-refractivity contribution in [1.29, 1.82) is 0 Å². The van der Waals surface area contributed by atoms with Crippen LogP contribution >= 0.6 is 34.2 Å². The number of esters is 1. The van der Waals surface area contributed by atoms with Crippen LogP contribution < -0.4 is 4.74 Å². The summed E-state index contributed by atoms with van der Waals surface area (Å²) in [6, 6.07) is 5.09. The van der Waals surface area contributed by atoms with E-state index >= 15 is 0 Å². The topological polar surface area (TPSA) is 26.3 Å². The van der Waals surface area contributed by atoms with Gasteiger partial charge in [0.15, 0.2) is 0 Å². The first-order valence-electron chi connectivity index (χ1n) is 3.23. The van der Waals surface area contributed by atoms with Gasteiger partial charge in [-0.2, -0.15) is 0 Å². The Morgan fingerprint density at radius 2 is 2.25 bits per heavy atom. The van der Waals surface area contributed by atoms with Crippen molar-refractivity contribution in [1.82, 2.24) is 0 Å². The second-order valence-electron chi connectivity index (χ2n) is 2.17. The molecule has 0 saturated heterocycles. The normalized spacial score (nSPS) is 9.58. The van der Waals surface area contributed by atoms with Crippen molar-refractivity contribution in [3.8, 4) is 5.75 Å². The predicted octanol–water partition coefficient (Wildman–Crippen LogP) is 2.87. The van der Waals surface area contributed by atoms with Gasteiger partial charge in [0.1, 0.15) is 5.75 Å². The van der Waals surface area contributed by atoms with Crippen molar-refractivity contribution in [3.05, 3.63) is 26.8 Å². The molecule has 0 aromatic heterocycles. The second-order valence-corrected chi connectivity index (χ2v) is 3.77. The Morgan fingerprint density at radius 1 is 1.58 bits per heavy atom. The molecule has 12 heavy (non-hydrogen) atoms. The maximum Gasteiger partial charge on any atom is 0.308 e. The molecule has 0 radical (unpaired) electrons. The third kappa shape index (κ3) is 2.64. The molecule has 0 saturated carbocycles. The lowest BCUT2D eigenvalue weighted by Crippen LogP contribution is -2.02. The largest absolute Gasteiger partial charge is 0.426 e. The first-order valence-corrected chi connectivity index (χ1v) is 4.69. The zero-order valence-electron chi connectivity index (χ0n) is 6.30. The lowest BCUT2D eigenvalue weighted by molar-refractivity contribution is -0.131. The van der Waals surface area contributed by atoms with Crippen LogP contribution in [0, 0.1) is 3.57 Å². The quantitative estimate of drug-likeness (QED) is 0.452. The summed E-state index contributed by atoms with van der Waals surface area (Å²) in [5.74, 6) is 0.225. The van der Waals surface area contributed by atoms with Crippen LogP contribution in [0.15, 0.2) is 18.2 Å². The summed E-state index contributed by atoms with van der Waals surface area (Å²) in [4.78, 5) is 10.6. The van der Waals surface area contributed by atoms with Gasteiger partial charge in [0.2, 0.25) is 0 Å². The van der Waals surface area contributed by atoms with Crippen LogP contribution in [-0.2, 0) is 4.79 Å². The molecule has 0 bridgehead atoms. The Morgan fingerprint density at radius 3 is 2.75 bits per heavy atom. The van der Waals surface area contributed by atoms with E-state index in [0.717, 1.165) is 3.57 Å². The minimum atomic E-state index is -0.324. The first-order chi connectivity index (χ1) is 5.59. The number of benzene rings is 1. The molecular formula is C8H6ClIO2. The van der Waals surface area contributed by atoms with E-state index in [1.54, 1.807) is 18.2 Å². The van der Waals surface area contributed by atoms with E-state index in [0.29, 0.717) is 10.8 Å². The van der Waals surface area contributed by atoms with Gasteiger partial charge in [0.05, 0.1) is 3.57 Å². The molecule has 0 aliphatic heterocycles. The van der Waals surface area contributed by atoms with Gasteiger partial charge in [-0.15, -0.1) is 0 Å². The molecule has 1 aromatic carbocycles. The van der Waals surface area contributed by atoms with Gasteiger partial charge in [0, 0.05) is 11.9 Å². The van der Waals surface area contributed by atoms with Crippen molar-refractivity contribution in [3.63, 3.8) is 0 Å². The molecule has 0 spiro atoms. The molecule has 0 aliphatic carbocycles. The zero-order chi connectivity index (χ0) is 9.14. The van der Waals surface area contributed by atoms with Crippen molar-refractivity contribution >= 4 is 40.2 Å². The summed E-state index contributed by atoms with van der Waals surface area (Å²) < 4.78 is 5.72. The third-order valence-electron chi connectivity index (χ3n) is 1.15. The van der Waals surface area contributed by atoms with E-state index in [1.807, 2.05) is 0 Å². The molecule has 0 atom stereocenters. The van der Waals surface area contributed by atoms with Crippen LogP contribution in [0.25, 0.3) is 0 Å². The van der Waals surface area contributed by atoms with Crippen LogP contribution in [0.5, 0.6) is 5.75 Å². The van der Waals surface area contributed by atoms with Gasteiger partial charge in [-0.05, 0) is 40.8 Å². The van der Waals surface area contributed by atoms with E-state index in [4.69, 9.17) is 16.3 Å². The Balaban J connectivity index is 2.93. The summed E-state index contributed by atoms with van der Waals surface area (Å²) in [6.07, 6.45) is 0. The van der Waals surface area contributed by atoms with E-state index < -0.39 is 0 Å². The van der Waals surface area contributed by atoms with Crippen LogP contribution in [0.2, 0.25) is 5.02 Å². The fourth-order valence-corrected chi connectivity index (χ4v) is 1.69. The minimum absolute atomic E-state index is 0.324. The van der Waals surface area contributed by atoms with Gasteiger partial charge < -0.3 is 4.74 Å². The molecule has 0 unspecified atom stereocenters. The molecule has 0 aliphatic rings. The fraction of sp³-hybridized carbons (Fsp3) is 0.125. The number of hydrogen-bond donors (Lipinski definition) is 0. The van der Waals surface area contributed by atoms with E-state index in [1.165, 1.54) is 6.92 Å². The monoisotopic (exact) mass is 296 g/mol. The summed E-state index contributed by atoms with van der Waals surface area (Å²) in [7, 11) is 0. The average Bonchev–Trinajstić information content (AvgIpc) is 1.94. The van der Waals surface area contributed by atoms with E-state index in [9.17, 15) is 4.79 Å². The van der Waals surface area contributed by atoms with Crippen LogP contribution in [0.3, 0.4) is 0 Å². The molecule has 0 fully saturated rings. The molecule has 0 amide bonds. The Kier molecular flexibility index (Phi) is 3.34. The predicted molar refractivity (Wildman–Crippen MR) is 55.5 cm³/mol. The average molecular weight is 296 g/mol. The van der Waals surface area contributed by atoms with Crippen molar-refractivity contribution in [2.45, 2.75) is 6.92 Å². The van der Waals surface area contributed by atoms with Gasteiger partial charge >= 0.3 is 5.97 Å². The lowest BCUT2D eigenvalue weighted by Gasteiger charge is -2.03. The highest BCUT2D eigenvalue weighted by Gasteiger charge is 2.03. The van der Waals surface area contributed by atoms with E-state index in [-0.39, 0.29) is 5.97 Å². The van der Waals surface area contributed by atoms with E-state index in [2.05, 4.69) is 22.6 Å². The van der Waals surface area contributed by atoms with Crippen molar-refractivity contribution < 1.29 is 9.53 Å². The maximum atomic E-state index is 10.6. The molecule has 0 heterocycles. The molecule has 1 rings (SSSR count). The molecule has 2 nitrogen and oxygen atoms in total. The number of hydrogen-bond acceptors (Lipinski definition) is 2. The minimum Gasteiger partial charge on any atom is -0.426 e. The smallest absolute Gasteiger partial charge is 0.308 e. The second kappa shape index (κ2) is 4.09. The van der Waals surface area contributed by atoms with Crippen molar-refractivity contribution in [2.75, 3.05) is 0 Å². The van der Waals surface area contributed by atoms with Gasteiger partial charge in [-0.25, -0.2) is 0 Å². The number of halogens is 2. The maximum absolute atomic E-state index is 10.6. The Bertz CT molecular complexity index is 312. The zero-order valence-corrected chi connectivity index (χ0v) is 9.22. The summed E-state index contributed by atoms with van der Waals surface area (Å²) in [5.41, 5.74) is 0. The summed E-state index contributed by atoms with van der Waals surface area (Å²) in [5, 5.41) is 0.635. The first kappa shape index (κ1) is 9.80. The molecule has 4 heteroatoms. The van der Waals surface area contributed by atoms with Gasteiger partial charge in [0.25, 0.3) is 0 Å². The SMILES string of the molecule is CC(=O)Oc1ccc(Cl)cc1I. The number of carbonyl (C=O) groups excluding carboxylic acids is 1. The molecular weight excluding hydrogens is 290 g/mol. The highest BCUT2D eigenvalue weighted by Crippen LogP contribution is 2.24. The summed E-state index contributed by atoms with van der Waals surface area (Å²) in [6.45, 7) is 1.37. The lowest BCUT2D eigenvalue weighted by atomic mass is 10.3. The standard InChI is InChI=1S/C8H6ClIO2/c1-5(11)12-8-3-2-6(9)4-7(8)10/h2-4H,1H3.